The second kappa shape index (κ2) is 11.2. The number of carbonyl (C=O) groups is 1. The van der Waals surface area contributed by atoms with Crippen LogP contribution in [0.15, 0.2) is 78.9 Å². The van der Waals surface area contributed by atoms with Gasteiger partial charge < -0.3 is 4.90 Å². The predicted octanol–water partition coefficient (Wildman–Crippen LogP) is 6.49. The first-order valence-corrected chi connectivity index (χ1v) is 12.3. The minimum absolute atomic E-state index is 0.0587. The van der Waals surface area contributed by atoms with Crippen molar-refractivity contribution in [1.29, 1.82) is 0 Å². The number of halogens is 2. The first-order chi connectivity index (χ1) is 16.4. The Bertz CT molecular complexity index is 1090. The molecule has 1 heterocycles. The summed E-state index contributed by atoms with van der Waals surface area (Å²) in [6.07, 6.45) is 0. The standard InChI is InChI=1S/C29H32ClFN2O/c1-21(2)16-33(29(34)23-7-4-3-5-8-23)19-25-18-32(17-22-11-13-26(30)14-12-22)20-28(25)24-9-6-10-27(31)15-24/h3-15,21,25,28H,16-20H2,1-2H3. The smallest absolute Gasteiger partial charge is 0.253 e. The molecule has 0 bridgehead atoms. The predicted molar refractivity (Wildman–Crippen MR) is 137 cm³/mol. The van der Waals surface area contributed by atoms with E-state index in [4.69, 9.17) is 11.6 Å². The number of hydrogen-bond acceptors (Lipinski definition) is 2. The third-order valence-electron chi connectivity index (χ3n) is 6.46. The molecular weight excluding hydrogens is 447 g/mol. The molecule has 3 aromatic carbocycles. The number of rotatable bonds is 8. The highest BCUT2D eigenvalue weighted by atomic mass is 35.5. The lowest BCUT2D eigenvalue weighted by atomic mass is 9.88. The van der Waals surface area contributed by atoms with Gasteiger partial charge in [-0.15, -0.1) is 0 Å². The van der Waals surface area contributed by atoms with Crippen LogP contribution in [0.2, 0.25) is 5.02 Å². The average Bonchev–Trinajstić information content (AvgIpc) is 3.22. The normalized spacial score (nSPS) is 18.4. The van der Waals surface area contributed by atoms with Gasteiger partial charge in [0.25, 0.3) is 5.91 Å². The van der Waals surface area contributed by atoms with Crippen molar-refractivity contribution in [2.24, 2.45) is 11.8 Å². The van der Waals surface area contributed by atoms with Crippen molar-refractivity contribution < 1.29 is 9.18 Å². The lowest BCUT2D eigenvalue weighted by molar-refractivity contribution is 0.0703. The SMILES string of the molecule is CC(C)CN(CC1CN(Cc2ccc(Cl)cc2)CC1c1cccc(F)c1)C(=O)c1ccccc1. The Kier molecular flexibility index (Phi) is 8.02. The quantitative estimate of drug-likeness (QED) is 0.369. The number of nitrogens with zero attached hydrogens (tertiary/aromatic N) is 2. The van der Waals surface area contributed by atoms with Crippen LogP contribution in [0.25, 0.3) is 0 Å². The Balaban J connectivity index is 1.58. The van der Waals surface area contributed by atoms with Gasteiger partial charge in [0.1, 0.15) is 5.82 Å². The van der Waals surface area contributed by atoms with E-state index < -0.39 is 0 Å². The summed E-state index contributed by atoms with van der Waals surface area (Å²) < 4.78 is 14.1. The van der Waals surface area contributed by atoms with Crippen LogP contribution < -0.4 is 0 Å². The highest BCUT2D eigenvalue weighted by Gasteiger charge is 2.36. The fourth-order valence-corrected chi connectivity index (χ4v) is 5.09. The Morgan fingerprint density at radius 1 is 1.03 bits per heavy atom. The maximum atomic E-state index is 14.1. The van der Waals surface area contributed by atoms with E-state index >= 15 is 0 Å². The van der Waals surface area contributed by atoms with Gasteiger partial charge in [-0.1, -0.05) is 67.9 Å². The van der Waals surface area contributed by atoms with Gasteiger partial charge in [-0.25, -0.2) is 4.39 Å². The van der Waals surface area contributed by atoms with E-state index in [1.807, 2.05) is 53.4 Å². The summed E-state index contributed by atoms with van der Waals surface area (Å²) in [5, 5.41) is 0.726. The van der Waals surface area contributed by atoms with Crippen LogP contribution in [0.5, 0.6) is 0 Å². The van der Waals surface area contributed by atoms with Crippen LogP contribution in [-0.4, -0.2) is 41.9 Å². The summed E-state index contributed by atoms with van der Waals surface area (Å²) in [5.74, 6) is 0.559. The minimum atomic E-state index is -0.216. The van der Waals surface area contributed by atoms with Crippen molar-refractivity contribution >= 4 is 17.5 Å². The zero-order valence-corrected chi connectivity index (χ0v) is 20.6. The molecule has 1 fully saturated rings. The highest BCUT2D eigenvalue weighted by Crippen LogP contribution is 2.35. The van der Waals surface area contributed by atoms with Gasteiger partial charge in [0, 0.05) is 49.2 Å². The molecule has 34 heavy (non-hydrogen) atoms. The molecule has 5 heteroatoms. The highest BCUT2D eigenvalue weighted by molar-refractivity contribution is 6.30. The molecule has 178 valence electrons. The van der Waals surface area contributed by atoms with E-state index in [1.165, 1.54) is 11.6 Å². The number of carbonyl (C=O) groups excluding carboxylic acids is 1. The van der Waals surface area contributed by atoms with E-state index in [1.54, 1.807) is 12.1 Å². The maximum absolute atomic E-state index is 14.1. The molecule has 0 aromatic heterocycles. The molecule has 1 aliphatic heterocycles. The van der Waals surface area contributed by atoms with Crippen molar-refractivity contribution in [3.05, 3.63) is 106 Å². The number of hydrogen-bond donors (Lipinski definition) is 0. The molecule has 1 aliphatic rings. The molecule has 0 aliphatic carbocycles. The van der Waals surface area contributed by atoms with Gasteiger partial charge in [0.05, 0.1) is 0 Å². The molecule has 3 aromatic rings. The summed E-state index contributed by atoms with van der Waals surface area (Å²) in [7, 11) is 0. The third-order valence-corrected chi connectivity index (χ3v) is 6.71. The zero-order chi connectivity index (χ0) is 24.1. The Labute approximate surface area is 207 Å². The maximum Gasteiger partial charge on any atom is 0.253 e. The topological polar surface area (TPSA) is 23.6 Å². The van der Waals surface area contributed by atoms with Gasteiger partial charge >= 0.3 is 0 Å². The molecule has 0 radical (unpaired) electrons. The van der Waals surface area contributed by atoms with E-state index in [9.17, 15) is 9.18 Å². The van der Waals surface area contributed by atoms with E-state index in [0.717, 1.165) is 30.2 Å². The molecule has 2 unspecified atom stereocenters. The van der Waals surface area contributed by atoms with Crippen LogP contribution >= 0.6 is 11.6 Å². The van der Waals surface area contributed by atoms with Crippen molar-refractivity contribution in [3.63, 3.8) is 0 Å². The van der Waals surface area contributed by atoms with Crippen molar-refractivity contribution in [2.45, 2.75) is 26.3 Å². The minimum Gasteiger partial charge on any atom is -0.338 e. The van der Waals surface area contributed by atoms with Crippen molar-refractivity contribution in [2.75, 3.05) is 26.2 Å². The molecule has 1 saturated heterocycles. The second-order valence-electron chi connectivity index (χ2n) is 9.71. The number of amides is 1. The van der Waals surface area contributed by atoms with Crippen molar-refractivity contribution in [1.82, 2.24) is 9.80 Å². The summed E-state index contributed by atoms with van der Waals surface area (Å²) in [4.78, 5) is 17.8. The van der Waals surface area contributed by atoms with E-state index in [-0.39, 0.29) is 23.6 Å². The monoisotopic (exact) mass is 478 g/mol. The first kappa shape index (κ1) is 24.4. The fourth-order valence-electron chi connectivity index (χ4n) is 4.97. The van der Waals surface area contributed by atoms with Crippen LogP contribution in [-0.2, 0) is 6.54 Å². The summed E-state index contributed by atoms with van der Waals surface area (Å²) in [6, 6.07) is 24.3. The van der Waals surface area contributed by atoms with Gasteiger partial charge in [-0.3, -0.25) is 9.69 Å². The molecule has 0 saturated carbocycles. The van der Waals surface area contributed by atoms with Gasteiger partial charge in [-0.05, 0) is 59.4 Å². The second-order valence-corrected chi connectivity index (χ2v) is 10.1. The van der Waals surface area contributed by atoms with Crippen LogP contribution in [0.3, 0.4) is 0 Å². The molecule has 0 spiro atoms. The number of benzene rings is 3. The summed E-state index contributed by atoms with van der Waals surface area (Å²) in [6.45, 7) is 8.08. The molecule has 0 N–H and O–H groups in total. The Morgan fingerprint density at radius 2 is 1.76 bits per heavy atom. The lowest BCUT2D eigenvalue weighted by Gasteiger charge is -2.30. The molecule has 4 rings (SSSR count). The Hall–Kier alpha value is -2.69. The molecule has 2 atom stereocenters. The molecule has 3 nitrogen and oxygen atoms in total. The number of likely N-dealkylation sites (tertiary alicyclic amines) is 1. The van der Waals surface area contributed by atoms with Crippen LogP contribution in [0.4, 0.5) is 4.39 Å². The molecular formula is C29H32ClFN2O. The first-order valence-electron chi connectivity index (χ1n) is 12.0. The van der Waals surface area contributed by atoms with Crippen LogP contribution in [0, 0.1) is 17.7 Å². The van der Waals surface area contributed by atoms with E-state index in [0.29, 0.717) is 24.6 Å². The van der Waals surface area contributed by atoms with Gasteiger partial charge in [0.15, 0.2) is 0 Å². The van der Waals surface area contributed by atoms with Crippen LogP contribution in [0.1, 0.15) is 41.3 Å². The third kappa shape index (κ3) is 6.25. The van der Waals surface area contributed by atoms with E-state index in [2.05, 4.69) is 30.9 Å². The molecule has 1 amide bonds. The average molecular weight is 479 g/mol. The zero-order valence-electron chi connectivity index (χ0n) is 19.8. The largest absolute Gasteiger partial charge is 0.338 e. The summed E-state index contributed by atoms with van der Waals surface area (Å²) >= 11 is 6.06. The summed E-state index contributed by atoms with van der Waals surface area (Å²) in [5.41, 5.74) is 2.91. The van der Waals surface area contributed by atoms with Gasteiger partial charge in [-0.2, -0.15) is 0 Å². The fraction of sp³-hybridized carbons (Fsp3) is 0.345. The van der Waals surface area contributed by atoms with Gasteiger partial charge in [0.2, 0.25) is 0 Å². The lowest BCUT2D eigenvalue weighted by Crippen LogP contribution is -2.39. The Morgan fingerprint density at radius 3 is 2.44 bits per heavy atom. The van der Waals surface area contributed by atoms with Crippen molar-refractivity contribution in [3.8, 4) is 0 Å².